The maximum absolute atomic E-state index is 10.5. The maximum atomic E-state index is 10.5. The number of hydrogen-bond donors (Lipinski definition) is 0. The van der Waals surface area contributed by atoms with Crippen LogP contribution in [0.15, 0.2) is 0 Å². The molecule has 1 radical (unpaired) electrons. The predicted molar refractivity (Wildman–Crippen MR) is 42.9 cm³/mol. The van der Waals surface area contributed by atoms with Crippen molar-refractivity contribution in [2.75, 3.05) is 12.4 Å². The van der Waals surface area contributed by atoms with Crippen LogP contribution in [0.25, 0.3) is 0 Å². The molecule has 0 N–H and O–H groups in total. The number of hydrogen-bond acceptors (Lipinski definition) is 2. The van der Waals surface area contributed by atoms with E-state index in [0.29, 0.717) is 12.5 Å². The Kier molecular flexibility index (Phi) is 5.49. The Morgan fingerprint density at radius 1 is 1.60 bits per heavy atom. The molecule has 0 spiro atoms. The van der Waals surface area contributed by atoms with E-state index in [0.717, 1.165) is 6.42 Å². The van der Waals surface area contributed by atoms with Crippen LogP contribution in [0.1, 0.15) is 20.3 Å². The molecule has 0 unspecified atom stereocenters. The van der Waals surface area contributed by atoms with E-state index in [1.165, 1.54) is 0 Å². The second-order valence-electron chi connectivity index (χ2n) is 2.55. The fraction of sp³-hybridized carbons (Fsp3) is 0.857. The van der Waals surface area contributed by atoms with E-state index in [-0.39, 0.29) is 11.7 Å². The lowest BCUT2D eigenvalue weighted by atomic mass is 10.1. The van der Waals surface area contributed by atoms with E-state index in [4.69, 9.17) is 4.74 Å². The van der Waals surface area contributed by atoms with Gasteiger partial charge in [0.1, 0.15) is 5.75 Å². The minimum absolute atomic E-state index is 0.0676. The molecular weight excluding hydrogens is 148 g/mol. The molecule has 0 heterocycles. The molecule has 0 rings (SSSR count). The van der Waals surface area contributed by atoms with E-state index in [9.17, 15) is 4.79 Å². The quantitative estimate of drug-likeness (QED) is 0.587. The number of carbonyl (C=O) groups excluding carboxylic acids is 1. The minimum Gasteiger partial charge on any atom is -0.465 e. The molecule has 0 aliphatic rings. The molecule has 10 heavy (non-hydrogen) atoms. The second kappa shape index (κ2) is 5.59. The highest BCUT2D eigenvalue weighted by Crippen LogP contribution is 1.98. The summed E-state index contributed by atoms with van der Waals surface area (Å²) >= 11 is 4.48. The molecule has 0 bridgehead atoms. The SMILES string of the molecule is CC(C)CCOC(=O)C[S]. The fourth-order valence-corrected chi connectivity index (χ4v) is 0.533. The van der Waals surface area contributed by atoms with E-state index < -0.39 is 0 Å². The highest BCUT2D eigenvalue weighted by molar-refractivity contribution is 7.81. The summed E-state index contributed by atoms with van der Waals surface area (Å²) in [4.78, 5) is 10.5. The van der Waals surface area contributed by atoms with Gasteiger partial charge in [0.15, 0.2) is 0 Å². The monoisotopic (exact) mass is 161 g/mol. The lowest BCUT2D eigenvalue weighted by molar-refractivity contribution is -0.140. The first kappa shape index (κ1) is 9.82. The van der Waals surface area contributed by atoms with Gasteiger partial charge in [0.25, 0.3) is 0 Å². The standard InChI is InChI=1S/C7H13O2S/c1-6(2)3-4-9-7(8)5-10/h6H,3-5H2,1-2H3. The van der Waals surface area contributed by atoms with Crippen molar-refractivity contribution in [1.82, 2.24) is 0 Å². The highest BCUT2D eigenvalue weighted by Gasteiger charge is 1.99. The van der Waals surface area contributed by atoms with Gasteiger partial charge in [-0.15, -0.1) is 0 Å². The third-order valence-corrected chi connectivity index (χ3v) is 1.31. The van der Waals surface area contributed by atoms with Crippen molar-refractivity contribution in [3.63, 3.8) is 0 Å². The van der Waals surface area contributed by atoms with Crippen LogP contribution in [0.3, 0.4) is 0 Å². The maximum Gasteiger partial charge on any atom is 0.316 e. The third-order valence-electron chi connectivity index (χ3n) is 1.08. The van der Waals surface area contributed by atoms with Crippen molar-refractivity contribution in [1.29, 1.82) is 0 Å². The van der Waals surface area contributed by atoms with Gasteiger partial charge in [0.05, 0.1) is 6.61 Å². The van der Waals surface area contributed by atoms with Crippen molar-refractivity contribution in [3.05, 3.63) is 0 Å². The van der Waals surface area contributed by atoms with Crippen LogP contribution < -0.4 is 0 Å². The molecule has 0 aromatic rings. The number of carbonyl (C=O) groups is 1. The van der Waals surface area contributed by atoms with E-state index in [2.05, 4.69) is 26.5 Å². The zero-order valence-corrected chi connectivity index (χ0v) is 7.24. The highest BCUT2D eigenvalue weighted by atomic mass is 32.1. The molecule has 0 aromatic heterocycles. The summed E-state index contributed by atoms with van der Waals surface area (Å²) < 4.78 is 4.76. The number of ether oxygens (including phenoxy) is 1. The topological polar surface area (TPSA) is 26.3 Å². The van der Waals surface area contributed by atoms with Gasteiger partial charge in [-0.1, -0.05) is 26.5 Å². The van der Waals surface area contributed by atoms with Crippen molar-refractivity contribution >= 4 is 18.6 Å². The summed E-state index contributed by atoms with van der Waals surface area (Å²) in [5.41, 5.74) is 0. The van der Waals surface area contributed by atoms with Crippen LogP contribution in [0.5, 0.6) is 0 Å². The van der Waals surface area contributed by atoms with E-state index in [1.54, 1.807) is 0 Å². The molecule has 0 aliphatic carbocycles. The molecule has 0 aliphatic heterocycles. The molecule has 59 valence electrons. The summed E-state index contributed by atoms with van der Waals surface area (Å²) in [5, 5.41) is 0. The van der Waals surface area contributed by atoms with Crippen LogP contribution in [0.4, 0.5) is 0 Å². The smallest absolute Gasteiger partial charge is 0.316 e. The summed E-state index contributed by atoms with van der Waals surface area (Å²) in [6.07, 6.45) is 0.918. The Hall–Kier alpha value is -0.180. The lowest BCUT2D eigenvalue weighted by Gasteiger charge is -2.04. The summed E-state index contributed by atoms with van der Waals surface area (Å²) in [6.45, 7) is 4.68. The lowest BCUT2D eigenvalue weighted by Crippen LogP contribution is -2.08. The molecule has 3 heteroatoms. The molecule has 0 atom stereocenters. The van der Waals surface area contributed by atoms with Gasteiger partial charge in [0, 0.05) is 0 Å². The van der Waals surface area contributed by atoms with Crippen LogP contribution in [-0.4, -0.2) is 18.3 Å². The molecule has 0 fully saturated rings. The summed E-state index contributed by atoms with van der Waals surface area (Å²) in [5.74, 6) is 0.367. The first-order valence-corrected chi connectivity index (χ1v) is 3.98. The van der Waals surface area contributed by atoms with Gasteiger partial charge in [-0.25, -0.2) is 0 Å². The third kappa shape index (κ3) is 5.95. The Labute approximate surface area is 67.4 Å². The van der Waals surface area contributed by atoms with Crippen molar-refractivity contribution in [3.8, 4) is 0 Å². The van der Waals surface area contributed by atoms with Crippen LogP contribution >= 0.6 is 12.6 Å². The second-order valence-corrected chi connectivity index (χ2v) is 2.84. The number of esters is 1. The van der Waals surface area contributed by atoms with E-state index >= 15 is 0 Å². The zero-order valence-electron chi connectivity index (χ0n) is 6.42. The fourth-order valence-electron chi connectivity index (χ4n) is 0.450. The Balaban J connectivity index is 3.12. The van der Waals surface area contributed by atoms with Crippen molar-refractivity contribution in [2.45, 2.75) is 20.3 Å². The average Bonchev–Trinajstić information content (AvgIpc) is 1.87. The minimum atomic E-state index is -0.282. The zero-order chi connectivity index (χ0) is 7.98. The first-order chi connectivity index (χ1) is 4.66. The first-order valence-electron chi connectivity index (χ1n) is 3.40. The molecule has 0 amide bonds. The average molecular weight is 161 g/mol. The van der Waals surface area contributed by atoms with Gasteiger partial charge < -0.3 is 4.74 Å². The van der Waals surface area contributed by atoms with Crippen molar-refractivity contribution in [2.24, 2.45) is 5.92 Å². The van der Waals surface area contributed by atoms with Gasteiger partial charge in [-0.05, 0) is 12.3 Å². The van der Waals surface area contributed by atoms with Gasteiger partial charge in [-0.2, -0.15) is 0 Å². The Morgan fingerprint density at radius 3 is 2.60 bits per heavy atom. The van der Waals surface area contributed by atoms with Gasteiger partial charge >= 0.3 is 5.97 Å². The largest absolute Gasteiger partial charge is 0.465 e. The Bertz CT molecular complexity index is 102. The Morgan fingerprint density at radius 2 is 2.20 bits per heavy atom. The number of rotatable bonds is 4. The van der Waals surface area contributed by atoms with Gasteiger partial charge in [0.2, 0.25) is 0 Å². The van der Waals surface area contributed by atoms with Gasteiger partial charge in [-0.3, -0.25) is 4.79 Å². The molecule has 2 nitrogen and oxygen atoms in total. The van der Waals surface area contributed by atoms with Crippen LogP contribution in [0.2, 0.25) is 0 Å². The normalized spacial score (nSPS) is 10.0. The predicted octanol–water partition coefficient (Wildman–Crippen LogP) is 1.77. The molecule has 0 saturated carbocycles. The molecule has 0 aromatic carbocycles. The van der Waals surface area contributed by atoms with E-state index in [1.807, 2.05) is 0 Å². The molecule has 0 saturated heterocycles. The van der Waals surface area contributed by atoms with Crippen molar-refractivity contribution < 1.29 is 9.53 Å². The summed E-state index contributed by atoms with van der Waals surface area (Å²) in [7, 11) is 0. The summed E-state index contributed by atoms with van der Waals surface area (Å²) in [6, 6.07) is 0. The van der Waals surface area contributed by atoms with Crippen LogP contribution in [0, 0.1) is 5.92 Å². The molecular formula is C7H13O2S. The van der Waals surface area contributed by atoms with Crippen LogP contribution in [-0.2, 0) is 9.53 Å².